The van der Waals surface area contributed by atoms with Crippen molar-refractivity contribution in [3.05, 3.63) is 58.8 Å². The van der Waals surface area contributed by atoms with E-state index in [1.54, 1.807) is 18.3 Å². The molecule has 3 rings (SSSR count). The van der Waals surface area contributed by atoms with Crippen molar-refractivity contribution in [3.8, 4) is 6.07 Å². The first kappa shape index (κ1) is 17.9. The highest BCUT2D eigenvalue weighted by Gasteiger charge is 2.22. The lowest BCUT2D eigenvalue weighted by Crippen LogP contribution is -2.39. The van der Waals surface area contributed by atoms with E-state index >= 15 is 0 Å². The summed E-state index contributed by atoms with van der Waals surface area (Å²) in [5, 5.41) is 12.3. The van der Waals surface area contributed by atoms with Crippen LogP contribution in [0.5, 0.6) is 0 Å². The summed E-state index contributed by atoms with van der Waals surface area (Å²) >= 11 is 0. The van der Waals surface area contributed by atoms with Gasteiger partial charge in [-0.25, -0.2) is 4.98 Å². The van der Waals surface area contributed by atoms with Gasteiger partial charge in [-0.2, -0.15) is 5.26 Å². The third-order valence-corrected chi connectivity index (χ3v) is 5.01. The fourth-order valence-corrected chi connectivity index (χ4v) is 3.40. The molecule has 2 heterocycles. The van der Waals surface area contributed by atoms with Crippen molar-refractivity contribution in [1.82, 2.24) is 10.3 Å². The Balaban J connectivity index is 1.54. The lowest BCUT2D eigenvalue weighted by atomic mass is 9.96. The first-order valence-corrected chi connectivity index (χ1v) is 9.04. The second-order valence-electron chi connectivity index (χ2n) is 6.95. The molecule has 0 aliphatic carbocycles. The maximum Gasteiger partial charge on any atom is 0.251 e. The van der Waals surface area contributed by atoms with Gasteiger partial charge in [-0.05, 0) is 56.4 Å². The molecular weight excluding hydrogens is 324 g/mol. The molecule has 1 amide bonds. The molecular formula is C21H24N4O. The second-order valence-corrected chi connectivity index (χ2v) is 6.95. The number of anilines is 1. The van der Waals surface area contributed by atoms with Crippen LogP contribution >= 0.6 is 0 Å². The average molecular weight is 348 g/mol. The predicted octanol–water partition coefficient (Wildman–Crippen LogP) is 3.22. The van der Waals surface area contributed by atoms with E-state index in [9.17, 15) is 10.1 Å². The van der Waals surface area contributed by atoms with Gasteiger partial charge in [0.1, 0.15) is 11.9 Å². The van der Waals surface area contributed by atoms with Crippen LogP contribution in [0.25, 0.3) is 0 Å². The largest absolute Gasteiger partial charge is 0.356 e. The van der Waals surface area contributed by atoms with Gasteiger partial charge < -0.3 is 10.2 Å². The molecule has 26 heavy (non-hydrogen) atoms. The minimum Gasteiger partial charge on any atom is -0.356 e. The summed E-state index contributed by atoms with van der Waals surface area (Å²) in [4.78, 5) is 19.0. The highest BCUT2D eigenvalue weighted by molar-refractivity contribution is 5.95. The first-order chi connectivity index (χ1) is 12.6. The summed E-state index contributed by atoms with van der Waals surface area (Å²) < 4.78 is 0. The monoisotopic (exact) mass is 348 g/mol. The summed E-state index contributed by atoms with van der Waals surface area (Å²) in [5.74, 6) is 1.23. The molecule has 1 aromatic carbocycles. The third-order valence-electron chi connectivity index (χ3n) is 5.01. The van der Waals surface area contributed by atoms with Crippen molar-refractivity contribution in [2.45, 2.75) is 26.7 Å². The fraction of sp³-hybridized carbons (Fsp3) is 0.381. The summed E-state index contributed by atoms with van der Waals surface area (Å²) in [6.07, 6.45) is 3.69. The van der Waals surface area contributed by atoms with Crippen molar-refractivity contribution in [2.24, 2.45) is 5.92 Å². The quantitative estimate of drug-likeness (QED) is 0.921. The molecule has 0 saturated carbocycles. The van der Waals surface area contributed by atoms with Gasteiger partial charge in [0.25, 0.3) is 5.91 Å². The Morgan fingerprint density at radius 3 is 2.81 bits per heavy atom. The normalized spacial score (nSPS) is 14.7. The van der Waals surface area contributed by atoms with E-state index in [4.69, 9.17) is 0 Å². The number of nitrogens with zero attached hydrogens (tertiary/aromatic N) is 3. The summed E-state index contributed by atoms with van der Waals surface area (Å²) in [7, 11) is 0. The van der Waals surface area contributed by atoms with Crippen LogP contribution in [0.15, 0.2) is 36.5 Å². The van der Waals surface area contributed by atoms with Gasteiger partial charge in [-0.15, -0.1) is 0 Å². The molecule has 0 unspecified atom stereocenters. The Morgan fingerprint density at radius 1 is 1.31 bits per heavy atom. The summed E-state index contributed by atoms with van der Waals surface area (Å²) in [6.45, 7) is 6.37. The van der Waals surface area contributed by atoms with E-state index in [0.717, 1.165) is 48.4 Å². The number of hydrogen-bond acceptors (Lipinski definition) is 4. The highest BCUT2D eigenvalue weighted by atomic mass is 16.1. The Labute approximate surface area is 154 Å². The minimum absolute atomic E-state index is 0.00474. The average Bonchev–Trinajstić information content (AvgIpc) is 2.68. The van der Waals surface area contributed by atoms with E-state index in [2.05, 4.69) is 21.3 Å². The molecule has 0 bridgehead atoms. The van der Waals surface area contributed by atoms with Gasteiger partial charge in [0.05, 0.1) is 5.56 Å². The van der Waals surface area contributed by atoms with E-state index < -0.39 is 0 Å². The molecule has 2 aromatic rings. The maximum absolute atomic E-state index is 12.5. The van der Waals surface area contributed by atoms with Crippen LogP contribution in [0.3, 0.4) is 0 Å². The number of aromatic nitrogens is 1. The van der Waals surface area contributed by atoms with Crippen LogP contribution < -0.4 is 10.2 Å². The zero-order valence-corrected chi connectivity index (χ0v) is 15.3. The van der Waals surface area contributed by atoms with Crippen LogP contribution in [-0.2, 0) is 0 Å². The molecule has 1 aliphatic rings. The highest BCUT2D eigenvalue weighted by Crippen LogP contribution is 2.24. The SMILES string of the molecule is Cc1ccc(C)c(C(=O)NCC2CCN(c3ncccc3C#N)CC2)c1. The Kier molecular flexibility index (Phi) is 5.52. The summed E-state index contributed by atoms with van der Waals surface area (Å²) in [6, 6.07) is 11.8. The van der Waals surface area contributed by atoms with Crippen LogP contribution in [0.2, 0.25) is 0 Å². The molecule has 1 saturated heterocycles. The number of benzene rings is 1. The van der Waals surface area contributed by atoms with E-state index in [0.29, 0.717) is 18.0 Å². The number of aryl methyl sites for hydroxylation is 2. The standard InChI is InChI=1S/C21H24N4O/c1-15-5-6-16(2)19(12-15)21(26)24-14-17-7-10-25(11-8-17)20-18(13-22)4-3-9-23-20/h3-6,9,12,17H,7-8,10-11,14H2,1-2H3,(H,24,26). The van der Waals surface area contributed by atoms with Crippen LogP contribution in [-0.4, -0.2) is 30.5 Å². The number of amides is 1. The number of nitrogens with one attached hydrogen (secondary N) is 1. The maximum atomic E-state index is 12.5. The van der Waals surface area contributed by atoms with Crippen molar-refractivity contribution in [1.29, 1.82) is 5.26 Å². The number of nitriles is 1. The number of pyridine rings is 1. The molecule has 0 atom stereocenters. The van der Waals surface area contributed by atoms with Crippen molar-refractivity contribution >= 4 is 11.7 Å². The van der Waals surface area contributed by atoms with Crippen LogP contribution in [0.1, 0.15) is 39.9 Å². The number of piperidine rings is 1. The van der Waals surface area contributed by atoms with Gasteiger partial charge in [0.15, 0.2) is 0 Å². The van der Waals surface area contributed by atoms with Gasteiger partial charge in [0, 0.05) is 31.4 Å². The molecule has 1 aromatic heterocycles. The molecule has 0 radical (unpaired) electrons. The van der Waals surface area contributed by atoms with Crippen LogP contribution in [0.4, 0.5) is 5.82 Å². The zero-order valence-electron chi connectivity index (χ0n) is 15.3. The number of carbonyl (C=O) groups excluding carboxylic acids is 1. The van der Waals surface area contributed by atoms with E-state index in [1.807, 2.05) is 32.0 Å². The third kappa shape index (κ3) is 4.02. The van der Waals surface area contributed by atoms with Crippen molar-refractivity contribution in [2.75, 3.05) is 24.5 Å². The minimum atomic E-state index is 0.00474. The molecule has 1 fully saturated rings. The van der Waals surface area contributed by atoms with Crippen LogP contribution in [0, 0.1) is 31.1 Å². The van der Waals surface area contributed by atoms with E-state index in [1.165, 1.54) is 0 Å². The molecule has 0 spiro atoms. The zero-order chi connectivity index (χ0) is 18.5. The lowest BCUT2D eigenvalue weighted by molar-refractivity contribution is 0.0944. The molecule has 1 N–H and O–H groups in total. The van der Waals surface area contributed by atoms with Crippen molar-refractivity contribution in [3.63, 3.8) is 0 Å². The van der Waals surface area contributed by atoms with E-state index in [-0.39, 0.29) is 5.91 Å². The fourth-order valence-electron chi connectivity index (χ4n) is 3.40. The Morgan fingerprint density at radius 2 is 2.08 bits per heavy atom. The molecule has 5 heteroatoms. The van der Waals surface area contributed by atoms with Crippen molar-refractivity contribution < 1.29 is 4.79 Å². The van der Waals surface area contributed by atoms with Gasteiger partial charge in [-0.3, -0.25) is 4.79 Å². The molecule has 134 valence electrons. The molecule has 1 aliphatic heterocycles. The summed E-state index contributed by atoms with van der Waals surface area (Å²) in [5.41, 5.74) is 3.48. The van der Waals surface area contributed by atoms with Gasteiger partial charge in [-0.1, -0.05) is 17.7 Å². The molecule has 5 nitrogen and oxygen atoms in total. The first-order valence-electron chi connectivity index (χ1n) is 9.04. The number of hydrogen-bond donors (Lipinski definition) is 1. The Bertz CT molecular complexity index is 832. The Hall–Kier alpha value is -2.87. The van der Waals surface area contributed by atoms with Gasteiger partial charge in [0.2, 0.25) is 0 Å². The number of carbonyl (C=O) groups is 1. The number of rotatable bonds is 4. The van der Waals surface area contributed by atoms with Gasteiger partial charge >= 0.3 is 0 Å². The topological polar surface area (TPSA) is 69.0 Å². The predicted molar refractivity (Wildman–Crippen MR) is 102 cm³/mol. The second kappa shape index (κ2) is 8.01. The lowest BCUT2D eigenvalue weighted by Gasteiger charge is -2.33. The smallest absolute Gasteiger partial charge is 0.251 e.